The monoisotopic (exact) mass is 248 g/mol. The molecule has 0 atom stereocenters. The van der Waals surface area contributed by atoms with Gasteiger partial charge in [0.05, 0.1) is 0 Å². The summed E-state index contributed by atoms with van der Waals surface area (Å²) in [6.45, 7) is 14.3. The third kappa shape index (κ3) is 4.81. The van der Waals surface area contributed by atoms with Crippen molar-refractivity contribution in [1.29, 1.82) is 0 Å². The highest BCUT2D eigenvalue weighted by Crippen LogP contribution is 2.41. The van der Waals surface area contributed by atoms with E-state index in [1.165, 1.54) is 10.8 Å². The second-order valence-corrected chi connectivity index (χ2v) is 8.33. The van der Waals surface area contributed by atoms with E-state index in [0.29, 0.717) is 5.78 Å². The largest absolute Gasteiger partial charge is 0.299 e. The molecule has 0 aliphatic carbocycles. The Balaban J connectivity index is 4.78. The van der Waals surface area contributed by atoms with Crippen LogP contribution in [0, 0.1) is 10.8 Å². The molecule has 0 aromatic heterocycles. The maximum Gasteiger partial charge on any atom is 0.143 e. The molecule has 0 bridgehead atoms. The molecule has 0 saturated carbocycles. The lowest BCUT2D eigenvalue weighted by atomic mass is 9.71. The standard InChI is InChI=1S/C12H24OS2/c1-10(2,3)9(13)11(4,5)8-12(6,7)15-14/h14H,8H2,1-7H3. The van der Waals surface area contributed by atoms with Crippen LogP contribution in [-0.2, 0) is 4.79 Å². The zero-order valence-electron chi connectivity index (χ0n) is 11.0. The molecule has 0 unspecified atom stereocenters. The summed E-state index contributed by atoms with van der Waals surface area (Å²) in [6, 6.07) is 0. The summed E-state index contributed by atoms with van der Waals surface area (Å²) in [5.41, 5.74) is -0.543. The Morgan fingerprint density at radius 2 is 1.47 bits per heavy atom. The lowest BCUT2D eigenvalue weighted by Gasteiger charge is -2.36. The average Bonchev–Trinajstić information content (AvgIpc) is 1.99. The molecular formula is C12H24OS2. The molecule has 0 saturated heterocycles. The molecule has 0 aliphatic heterocycles. The molecule has 0 aromatic carbocycles. The molecule has 1 nitrogen and oxygen atoms in total. The van der Waals surface area contributed by atoms with E-state index in [0.717, 1.165) is 6.42 Å². The summed E-state index contributed by atoms with van der Waals surface area (Å²) in [6.07, 6.45) is 0.851. The second-order valence-electron chi connectivity index (χ2n) is 6.49. The van der Waals surface area contributed by atoms with Gasteiger partial charge >= 0.3 is 0 Å². The Kier molecular flexibility index (Phi) is 4.82. The van der Waals surface area contributed by atoms with Gasteiger partial charge in [0.1, 0.15) is 5.78 Å². The van der Waals surface area contributed by atoms with E-state index in [-0.39, 0.29) is 15.6 Å². The lowest BCUT2D eigenvalue weighted by Crippen LogP contribution is -2.38. The van der Waals surface area contributed by atoms with Crippen LogP contribution in [0.25, 0.3) is 0 Å². The van der Waals surface area contributed by atoms with Crippen molar-refractivity contribution in [2.24, 2.45) is 10.8 Å². The van der Waals surface area contributed by atoms with E-state index >= 15 is 0 Å². The fraction of sp³-hybridized carbons (Fsp3) is 0.917. The molecule has 0 N–H and O–H groups in total. The van der Waals surface area contributed by atoms with Gasteiger partial charge in [0.25, 0.3) is 0 Å². The van der Waals surface area contributed by atoms with E-state index in [1.54, 1.807) is 0 Å². The summed E-state index contributed by atoms with van der Waals surface area (Å²) in [5, 5.41) is 0. The van der Waals surface area contributed by atoms with Crippen molar-refractivity contribution in [2.75, 3.05) is 0 Å². The number of carbonyl (C=O) groups excluding carboxylic acids is 1. The van der Waals surface area contributed by atoms with Crippen LogP contribution in [0.1, 0.15) is 54.9 Å². The van der Waals surface area contributed by atoms with Crippen LogP contribution in [0.5, 0.6) is 0 Å². The summed E-state index contributed by atoms with van der Waals surface area (Å²) < 4.78 is 0.0352. The molecule has 0 rings (SSSR count). The quantitative estimate of drug-likeness (QED) is 0.587. The minimum Gasteiger partial charge on any atom is -0.299 e. The summed E-state index contributed by atoms with van der Waals surface area (Å²) in [5.74, 6) is 0.324. The molecule has 0 spiro atoms. The van der Waals surface area contributed by atoms with Crippen molar-refractivity contribution in [3.8, 4) is 0 Å². The van der Waals surface area contributed by atoms with Crippen molar-refractivity contribution in [1.82, 2.24) is 0 Å². The van der Waals surface area contributed by atoms with Gasteiger partial charge in [0.2, 0.25) is 0 Å². The Bertz CT molecular complexity index is 236. The zero-order valence-corrected chi connectivity index (χ0v) is 12.7. The normalized spacial score (nSPS) is 14.1. The maximum atomic E-state index is 12.2. The van der Waals surface area contributed by atoms with Gasteiger partial charge in [-0.05, 0) is 20.3 Å². The summed E-state index contributed by atoms with van der Waals surface area (Å²) in [4.78, 5) is 12.2. The third-order valence-corrected chi connectivity index (χ3v) is 4.53. The highest BCUT2D eigenvalue weighted by molar-refractivity contribution is 8.69. The van der Waals surface area contributed by atoms with Gasteiger partial charge < -0.3 is 0 Å². The minimum absolute atomic E-state index is 0.0352. The Hall–Kier alpha value is 0.370. The smallest absolute Gasteiger partial charge is 0.143 e. The van der Waals surface area contributed by atoms with Crippen LogP contribution in [0.15, 0.2) is 0 Å². The van der Waals surface area contributed by atoms with Crippen LogP contribution < -0.4 is 0 Å². The first-order chi connectivity index (χ1) is 6.42. The Labute approximate surface area is 104 Å². The highest BCUT2D eigenvalue weighted by Gasteiger charge is 2.39. The molecule has 0 fully saturated rings. The third-order valence-electron chi connectivity index (χ3n) is 2.41. The molecule has 0 amide bonds. The Morgan fingerprint density at radius 3 is 1.73 bits per heavy atom. The first-order valence-corrected chi connectivity index (χ1v) is 7.17. The van der Waals surface area contributed by atoms with Crippen molar-refractivity contribution in [3.63, 3.8) is 0 Å². The second kappa shape index (κ2) is 4.70. The highest BCUT2D eigenvalue weighted by atomic mass is 33.1. The molecule has 90 valence electrons. The summed E-state index contributed by atoms with van der Waals surface area (Å²) >= 11 is 4.26. The van der Waals surface area contributed by atoms with Gasteiger partial charge in [-0.2, -0.15) is 0 Å². The number of ketones is 1. The van der Waals surface area contributed by atoms with Gasteiger partial charge in [-0.1, -0.05) is 45.4 Å². The van der Waals surface area contributed by atoms with E-state index in [2.05, 4.69) is 25.5 Å². The minimum atomic E-state index is -0.280. The zero-order chi connectivity index (χ0) is 12.5. The number of Topliss-reactive ketones (excluding diaryl/α,β-unsaturated/α-hetero) is 1. The van der Waals surface area contributed by atoms with Crippen molar-refractivity contribution in [3.05, 3.63) is 0 Å². The van der Waals surface area contributed by atoms with E-state index in [4.69, 9.17) is 0 Å². The molecule has 3 heteroatoms. The van der Waals surface area contributed by atoms with Crippen LogP contribution in [0.2, 0.25) is 0 Å². The predicted octanol–water partition coefficient (Wildman–Crippen LogP) is 4.37. The molecule has 0 aromatic rings. The van der Waals surface area contributed by atoms with Gasteiger partial charge in [-0.3, -0.25) is 4.79 Å². The van der Waals surface area contributed by atoms with Crippen LogP contribution >= 0.6 is 22.5 Å². The Morgan fingerprint density at radius 1 is 1.07 bits per heavy atom. The van der Waals surface area contributed by atoms with Crippen molar-refractivity contribution in [2.45, 2.75) is 59.6 Å². The van der Waals surface area contributed by atoms with Crippen LogP contribution in [-0.4, -0.2) is 10.5 Å². The molecule has 0 heterocycles. The van der Waals surface area contributed by atoms with E-state index < -0.39 is 0 Å². The first kappa shape index (κ1) is 15.4. The van der Waals surface area contributed by atoms with Crippen LogP contribution in [0.3, 0.4) is 0 Å². The van der Waals surface area contributed by atoms with Gasteiger partial charge in [0.15, 0.2) is 0 Å². The fourth-order valence-corrected chi connectivity index (χ4v) is 2.81. The van der Waals surface area contributed by atoms with E-state index in [1.807, 2.05) is 34.6 Å². The SMILES string of the molecule is CC(C)(CC(C)(C)C(=O)C(C)(C)C)SS. The maximum absolute atomic E-state index is 12.2. The molecular weight excluding hydrogens is 224 g/mol. The number of carbonyl (C=O) groups is 1. The lowest BCUT2D eigenvalue weighted by molar-refractivity contribution is -0.135. The van der Waals surface area contributed by atoms with Crippen molar-refractivity contribution >= 4 is 28.2 Å². The van der Waals surface area contributed by atoms with Crippen LogP contribution in [0.4, 0.5) is 0 Å². The van der Waals surface area contributed by atoms with Gasteiger partial charge in [0, 0.05) is 15.6 Å². The molecule has 0 aliphatic rings. The average molecular weight is 248 g/mol. The first-order valence-electron chi connectivity index (χ1n) is 5.30. The number of hydrogen-bond donors (Lipinski definition) is 1. The molecule has 0 radical (unpaired) electrons. The van der Waals surface area contributed by atoms with Gasteiger partial charge in [-0.15, -0.1) is 11.7 Å². The summed E-state index contributed by atoms with van der Waals surface area (Å²) in [7, 11) is 1.52. The number of rotatable bonds is 4. The number of thiol groups is 1. The van der Waals surface area contributed by atoms with Gasteiger partial charge in [-0.25, -0.2) is 0 Å². The fourth-order valence-electron chi connectivity index (χ4n) is 2.19. The molecule has 15 heavy (non-hydrogen) atoms. The van der Waals surface area contributed by atoms with Crippen molar-refractivity contribution < 1.29 is 4.79 Å². The predicted molar refractivity (Wildman–Crippen MR) is 73.5 cm³/mol. The number of hydrogen-bond acceptors (Lipinski definition) is 3. The topological polar surface area (TPSA) is 17.1 Å². The van der Waals surface area contributed by atoms with E-state index in [9.17, 15) is 4.79 Å².